The second-order valence-corrected chi connectivity index (χ2v) is 5.77. The van der Waals surface area contributed by atoms with Gasteiger partial charge < -0.3 is 19.6 Å². The molecule has 2 aliphatic rings. The van der Waals surface area contributed by atoms with E-state index >= 15 is 0 Å². The molecule has 2 fully saturated rings. The molecule has 0 radical (unpaired) electrons. The van der Waals surface area contributed by atoms with Gasteiger partial charge in [-0.2, -0.15) is 0 Å². The van der Waals surface area contributed by atoms with Crippen LogP contribution in [0.1, 0.15) is 32.6 Å². The summed E-state index contributed by atoms with van der Waals surface area (Å²) >= 11 is 0. The fourth-order valence-corrected chi connectivity index (χ4v) is 3.17. The van der Waals surface area contributed by atoms with Crippen molar-refractivity contribution in [1.82, 2.24) is 9.80 Å². The second kappa shape index (κ2) is 6.68. The van der Waals surface area contributed by atoms with E-state index < -0.39 is 12.1 Å². The van der Waals surface area contributed by atoms with Crippen molar-refractivity contribution in [2.24, 2.45) is 0 Å². The van der Waals surface area contributed by atoms with E-state index in [0.717, 1.165) is 19.5 Å². The average Bonchev–Trinajstić information content (AvgIpc) is 2.87. The lowest BCUT2D eigenvalue weighted by Crippen LogP contribution is -2.45. The Balaban J connectivity index is 1.73. The van der Waals surface area contributed by atoms with Crippen molar-refractivity contribution in [2.75, 3.05) is 33.2 Å². The molecule has 5 heteroatoms. The molecule has 0 aromatic heterocycles. The Kier molecular flexibility index (Phi) is 5.19. The van der Waals surface area contributed by atoms with E-state index in [9.17, 15) is 4.79 Å². The molecule has 2 saturated heterocycles. The predicted octanol–water partition coefficient (Wildman–Crippen LogP) is 1.03. The Morgan fingerprint density at radius 3 is 2.53 bits per heavy atom. The van der Waals surface area contributed by atoms with Gasteiger partial charge in [-0.3, -0.25) is 0 Å². The van der Waals surface area contributed by atoms with Crippen molar-refractivity contribution in [3.63, 3.8) is 0 Å². The molecule has 0 bridgehead atoms. The zero-order valence-corrected chi connectivity index (χ0v) is 12.0. The number of hydrogen-bond donors (Lipinski definition) is 1. The molecule has 2 rings (SSSR count). The molecular formula is C14H26N2O3. The Morgan fingerprint density at radius 1 is 1.32 bits per heavy atom. The van der Waals surface area contributed by atoms with E-state index in [1.54, 1.807) is 0 Å². The number of ether oxygens (including phenoxy) is 1. The minimum Gasteiger partial charge on any atom is -0.479 e. The van der Waals surface area contributed by atoms with Gasteiger partial charge in [-0.1, -0.05) is 6.92 Å². The lowest BCUT2D eigenvalue weighted by Gasteiger charge is -2.37. The number of likely N-dealkylation sites (N-methyl/N-ethyl adjacent to an activating group) is 1. The first-order valence-corrected chi connectivity index (χ1v) is 7.41. The first-order valence-electron chi connectivity index (χ1n) is 7.41. The summed E-state index contributed by atoms with van der Waals surface area (Å²) in [4.78, 5) is 15.7. The van der Waals surface area contributed by atoms with E-state index in [1.807, 2.05) is 0 Å². The summed E-state index contributed by atoms with van der Waals surface area (Å²) in [5, 5.41) is 8.93. The molecule has 0 aromatic rings. The molecule has 110 valence electrons. The third kappa shape index (κ3) is 3.91. The van der Waals surface area contributed by atoms with Crippen LogP contribution in [0.4, 0.5) is 0 Å². The Morgan fingerprint density at radius 2 is 2.00 bits per heavy atom. The van der Waals surface area contributed by atoms with Crippen LogP contribution in [0.2, 0.25) is 0 Å². The highest BCUT2D eigenvalue weighted by Gasteiger charge is 2.32. The van der Waals surface area contributed by atoms with Crippen LogP contribution in [-0.2, 0) is 9.53 Å². The quantitative estimate of drug-likeness (QED) is 0.809. The number of nitrogens with zero attached hydrogens (tertiary/aromatic N) is 2. The monoisotopic (exact) mass is 270 g/mol. The standard InChI is InChI=1S/C14H26N2O3/c1-3-16-8-6-11(7-9-16)15(2)10-12-4-5-13(19-12)14(17)18/h11-13H,3-10H2,1-2H3,(H,17,18). The van der Waals surface area contributed by atoms with Crippen molar-refractivity contribution < 1.29 is 14.6 Å². The lowest BCUT2D eigenvalue weighted by molar-refractivity contribution is -0.149. The van der Waals surface area contributed by atoms with Gasteiger partial charge in [0.25, 0.3) is 0 Å². The Labute approximate surface area is 115 Å². The summed E-state index contributed by atoms with van der Waals surface area (Å²) in [7, 11) is 2.14. The van der Waals surface area contributed by atoms with E-state index in [1.165, 1.54) is 25.9 Å². The third-order valence-electron chi connectivity index (χ3n) is 4.50. The van der Waals surface area contributed by atoms with Crippen molar-refractivity contribution in [2.45, 2.75) is 50.9 Å². The highest BCUT2D eigenvalue weighted by atomic mass is 16.5. The molecule has 0 saturated carbocycles. The van der Waals surface area contributed by atoms with E-state index in [0.29, 0.717) is 12.5 Å². The largest absolute Gasteiger partial charge is 0.479 e. The van der Waals surface area contributed by atoms with Crippen molar-refractivity contribution >= 4 is 5.97 Å². The smallest absolute Gasteiger partial charge is 0.332 e. The molecule has 2 heterocycles. The fourth-order valence-electron chi connectivity index (χ4n) is 3.17. The number of carboxylic acids is 1. The van der Waals surface area contributed by atoms with Crippen LogP contribution in [-0.4, -0.2) is 72.4 Å². The summed E-state index contributed by atoms with van der Waals surface area (Å²) in [5.41, 5.74) is 0. The van der Waals surface area contributed by atoms with Crippen LogP contribution in [0.15, 0.2) is 0 Å². The highest BCUT2D eigenvalue weighted by molar-refractivity contribution is 5.72. The summed E-state index contributed by atoms with van der Waals surface area (Å²) in [6.45, 7) is 6.56. The summed E-state index contributed by atoms with van der Waals surface area (Å²) in [6, 6.07) is 0.621. The van der Waals surface area contributed by atoms with Gasteiger partial charge in [-0.25, -0.2) is 4.79 Å². The summed E-state index contributed by atoms with van der Waals surface area (Å²) in [5.74, 6) is -0.818. The summed E-state index contributed by atoms with van der Waals surface area (Å²) in [6.07, 6.45) is 3.45. The van der Waals surface area contributed by atoms with Crippen molar-refractivity contribution in [3.8, 4) is 0 Å². The number of rotatable bonds is 5. The Hall–Kier alpha value is -0.650. The van der Waals surface area contributed by atoms with Crippen LogP contribution in [0.5, 0.6) is 0 Å². The highest BCUT2D eigenvalue weighted by Crippen LogP contribution is 2.22. The molecular weight excluding hydrogens is 244 g/mol. The molecule has 0 aliphatic carbocycles. The normalized spacial score (nSPS) is 30.1. The third-order valence-corrected chi connectivity index (χ3v) is 4.50. The molecule has 2 atom stereocenters. The molecule has 2 unspecified atom stereocenters. The first-order chi connectivity index (χ1) is 9.10. The maximum absolute atomic E-state index is 10.9. The van der Waals surface area contributed by atoms with Gasteiger partial charge in [0.05, 0.1) is 6.10 Å². The van der Waals surface area contributed by atoms with Gasteiger partial charge in [0.15, 0.2) is 6.10 Å². The minimum atomic E-state index is -0.818. The maximum atomic E-state index is 10.9. The number of carboxylic acid groups (broad SMARTS) is 1. The minimum absolute atomic E-state index is 0.0929. The number of aliphatic carboxylic acids is 1. The molecule has 0 aromatic carbocycles. The van der Waals surface area contributed by atoms with Crippen LogP contribution >= 0.6 is 0 Å². The van der Waals surface area contributed by atoms with Gasteiger partial charge in [0.1, 0.15) is 0 Å². The zero-order valence-electron chi connectivity index (χ0n) is 12.0. The second-order valence-electron chi connectivity index (χ2n) is 5.77. The molecule has 19 heavy (non-hydrogen) atoms. The fraction of sp³-hybridized carbons (Fsp3) is 0.929. The molecule has 2 aliphatic heterocycles. The Bertz CT molecular complexity index is 303. The molecule has 0 spiro atoms. The predicted molar refractivity (Wildman–Crippen MR) is 73.3 cm³/mol. The van der Waals surface area contributed by atoms with Crippen molar-refractivity contribution in [3.05, 3.63) is 0 Å². The van der Waals surface area contributed by atoms with E-state index in [-0.39, 0.29) is 6.10 Å². The van der Waals surface area contributed by atoms with E-state index in [4.69, 9.17) is 9.84 Å². The molecule has 1 N–H and O–H groups in total. The topological polar surface area (TPSA) is 53.0 Å². The first kappa shape index (κ1) is 14.8. The lowest BCUT2D eigenvalue weighted by atomic mass is 10.0. The van der Waals surface area contributed by atoms with Crippen LogP contribution in [0, 0.1) is 0 Å². The zero-order chi connectivity index (χ0) is 13.8. The van der Waals surface area contributed by atoms with Crippen LogP contribution < -0.4 is 0 Å². The van der Waals surface area contributed by atoms with Gasteiger partial charge in [0.2, 0.25) is 0 Å². The summed E-state index contributed by atoms with van der Waals surface area (Å²) < 4.78 is 5.57. The van der Waals surface area contributed by atoms with Gasteiger partial charge in [-0.15, -0.1) is 0 Å². The van der Waals surface area contributed by atoms with Gasteiger partial charge >= 0.3 is 5.97 Å². The SMILES string of the molecule is CCN1CCC(N(C)CC2CCC(C(=O)O)O2)CC1. The van der Waals surface area contributed by atoms with Crippen molar-refractivity contribution in [1.29, 1.82) is 0 Å². The number of likely N-dealkylation sites (tertiary alicyclic amines) is 1. The maximum Gasteiger partial charge on any atom is 0.332 e. The van der Waals surface area contributed by atoms with Gasteiger partial charge in [0, 0.05) is 12.6 Å². The molecule has 5 nitrogen and oxygen atoms in total. The number of carbonyl (C=O) groups is 1. The average molecular weight is 270 g/mol. The van der Waals surface area contributed by atoms with Crippen LogP contribution in [0.3, 0.4) is 0 Å². The number of piperidine rings is 1. The van der Waals surface area contributed by atoms with Crippen LogP contribution in [0.25, 0.3) is 0 Å². The number of hydrogen-bond acceptors (Lipinski definition) is 4. The molecule has 0 amide bonds. The van der Waals surface area contributed by atoms with Gasteiger partial charge in [-0.05, 0) is 52.4 Å². The van der Waals surface area contributed by atoms with E-state index in [2.05, 4.69) is 23.8 Å².